The molecule has 3 N–H and O–H groups in total. The third kappa shape index (κ3) is 5.76. The average molecular weight is 575 g/mol. The van der Waals surface area contributed by atoms with Crippen LogP contribution >= 0.6 is 11.3 Å². The number of hydrogen-bond donors (Lipinski definition) is 3. The lowest BCUT2D eigenvalue weighted by Crippen LogP contribution is -2.53. The Balaban J connectivity index is 1.54. The van der Waals surface area contributed by atoms with Crippen LogP contribution in [-0.4, -0.2) is 54.9 Å². The zero-order valence-corrected chi connectivity index (χ0v) is 24.7. The first-order chi connectivity index (χ1) is 18.3. The molecule has 6 atom stereocenters. The first-order valence-electron chi connectivity index (χ1n) is 13.2. The molecule has 1 aromatic carbocycles. The number of aromatic nitrogens is 1. The fraction of sp³-hybridized carbons (Fsp3) is 0.536. The molecule has 0 bridgehead atoms. The summed E-state index contributed by atoms with van der Waals surface area (Å²) in [5, 5.41) is 14.5. The van der Waals surface area contributed by atoms with E-state index in [0.717, 1.165) is 23.4 Å². The number of rotatable bonds is 8. The number of benzene rings is 1. The Kier molecular flexibility index (Phi) is 8.26. The van der Waals surface area contributed by atoms with E-state index in [-0.39, 0.29) is 45.8 Å². The molecular formula is C28H38N4O5S2. The highest BCUT2D eigenvalue weighted by Gasteiger charge is 2.54. The highest BCUT2D eigenvalue weighted by atomic mass is 32.2. The maximum absolute atomic E-state index is 13.1. The maximum Gasteiger partial charge on any atom is 0.263 e. The number of anilines is 2. The minimum atomic E-state index is -3.88. The van der Waals surface area contributed by atoms with Crippen LogP contribution in [0.5, 0.6) is 0 Å². The Morgan fingerprint density at radius 1 is 1.33 bits per heavy atom. The molecular weight excluding hydrogens is 536 g/mol. The van der Waals surface area contributed by atoms with Crippen molar-refractivity contribution < 1.29 is 23.1 Å². The van der Waals surface area contributed by atoms with Crippen molar-refractivity contribution >= 4 is 44.0 Å². The third-order valence-corrected chi connectivity index (χ3v) is 10.9. The van der Waals surface area contributed by atoms with E-state index in [1.54, 1.807) is 18.0 Å². The van der Waals surface area contributed by atoms with Gasteiger partial charge in [-0.3, -0.25) is 14.3 Å². The highest BCUT2D eigenvalue weighted by Crippen LogP contribution is 2.57. The second kappa shape index (κ2) is 11.0. The number of hydrogen-bond acceptors (Lipinski definition) is 7. The van der Waals surface area contributed by atoms with E-state index in [9.17, 15) is 23.1 Å². The van der Waals surface area contributed by atoms with Crippen LogP contribution in [0.15, 0.2) is 41.8 Å². The van der Waals surface area contributed by atoms with Crippen molar-refractivity contribution in [1.82, 2.24) is 9.88 Å². The predicted octanol–water partition coefficient (Wildman–Crippen LogP) is 4.24. The third-order valence-electron chi connectivity index (χ3n) is 8.44. The van der Waals surface area contributed by atoms with Crippen LogP contribution in [0.2, 0.25) is 0 Å². The zero-order chi connectivity index (χ0) is 28.7. The lowest BCUT2D eigenvalue weighted by Gasteiger charge is -2.53. The van der Waals surface area contributed by atoms with Gasteiger partial charge in [0.15, 0.2) is 5.13 Å². The molecule has 11 heteroatoms. The van der Waals surface area contributed by atoms with Gasteiger partial charge in [-0.2, -0.15) is 0 Å². The molecule has 2 aromatic rings. The number of fused-ring (bicyclic) bond motifs is 2. The predicted molar refractivity (Wildman–Crippen MR) is 153 cm³/mol. The lowest BCUT2D eigenvalue weighted by atomic mass is 9.53. The van der Waals surface area contributed by atoms with Gasteiger partial charge in [0, 0.05) is 42.9 Å². The van der Waals surface area contributed by atoms with Crippen LogP contribution in [0.3, 0.4) is 0 Å². The Bertz CT molecular complexity index is 1360. The summed E-state index contributed by atoms with van der Waals surface area (Å²) in [4.78, 5) is 31.7. The monoisotopic (exact) mass is 574 g/mol. The van der Waals surface area contributed by atoms with E-state index in [2.05, 4.69) is 28.5 Å². The quantitative estimate of drug-likeness (QED) is 0.405. The number of carbonyl (C=O) groups is 2. The molecule has 4 rings (SSSR count). The van der Waals surface area contributed by atoms with Crippen LogP contribution in [0, 0.1) is 23.2 Å². The Morgan fingerprint density at radius 3 is 2.62 bits per heavy atom. The molecule has 1 fully saturated rings. The Morgan fingerprint density at radius 2 is 2.00 bits per heavy atom. The van der Waals surface area contributed by atoms with Gasteiger partial charge in [0.1, 0.15) is 0 Å². The van der Waals surface area contributed by atoms with E-state index >= 15 is 0 Å². The number of aliphatic hydroxyl groups is 1. The molecule has 1 heterocycles. The number of thiazole rings is 1. The van der Waals surface area contributed by atoms with Gasteiger partial charge >= 0.3 is 0 Å². The number of aliphatic hydroxyl groups excluding tert-OH is 1. The van der Waals surface area contributed by atoms with Crippen molar-refractivity contribution in [2.24, 2.45) is 23.2 Å². The van der Waals surface area contributed by atoms with Crippen LogP contribution in [0.4, 0.5) is 10.8 Å². The molecule has 0 unspecified atom stereocenters. The summed E-state index contributed by atoms with van der Waals surface area (Å²) in [6, 6.07) is 5.94. The molecule has 0 saturated heterocycles. The van der Waals surface area contributed by atoms with Crippen LogP contribution in [0.1, 0.15) is 57.0 Å². The molecule has 1 saturated carbocycles. The molecule has 0 spiro atoms. The Labute approximate surface area is 234 Å². The van der Waals surface area contributed by atoms with Gasteiger partial charge in [-0.1, -0.05) is 26.8 Å². The first kappa shape index (κ1) is 29.2. The summed E-state index contributed by atoms with van der Waals surface area (Å²) >= 11 is 1.34. The average Bonchev–Trinajstić information content (AvgIpc) is 3.24. The minimum absolute atomic E-state index is 0.00200. The maximum atomic E-state index is 13.1. The van der Waals surface area contributed by atoms with Crippen LogP contribution in [-0.2, 0) is 26.0 Å². The standard InChI is InChI=1S/C28H38N4O5S2/c1-7-14-32(6)26(35)16(2)21-12-13-28(5)15-22-24(17(3)23(28)25(21)34)30-27(38-22)31-39(36,37)20-10-8-19(9-11-20)29-18(4)33/h7-11,16-17,21,23,25,34H,1,12-15H2,2-6H3,(H,29,33)(H,30,31)/t16-,17-,21-,23+,25-,28-/m0/s1. The molecule has 2 aliphatic carbocycles. The summed E-state index contributed by atoms with van der Waals surface area (Å²) in [7, 11) is -2.13. The summed E-state index contributed by atoms with van der Waals surface area (Å²) in [5.74, 6) is -0.921. The van der Waals surface area contributed by atoms with Gasteiger partial charge in [0.2, 0.25) is 11.8 Å². The molecule has 9 nitrogen and oxygen atoms in total. The lowest BCUT2D eigenvalue weighted by molar-refractivity contribution is -0.143. The fourth-order valence-corrected chi connectivity index (χ4v) is 9.00. The number of nitrogens with one attached hydrogen (secondary N) is 2. The molecule has 0 aliphatic heterocycles. The summed E-state index contributed by atoms with van der Waals surface area (Å²) in [6.07, 6.45) is 3.33. The molecule has 1 aromatic heterocycles. The highest BCUT2D eigenvalue weighted by molar-refractivity contribution is 7.93. The summed E-state index contributed by atoms with van der Waals surface area (Å²) in [5.41, 5.74) is 1.14. The fourth-order valence-electron chi connectivity index (χ4n) is 6.50. The SMILES string of the molecule is C=CCN(C)C(=O)[C@@H](C)[C@@H]1CC[C@@]2(C)Cc3sc(NS(=O)(=O)c4ccc(NC(C)=O)cc4)nc3[C@@H](C)[C@@H]2[C@H]1O. The second-order valence-electron chi connectivity index (χ2n) is 11.3. The number of likely N-dealkylation sites (N-methyl/N-ethyl adjacent to an activating group) is 1. The zero-order valence-electron chi connectivity index (χ0n) is 23.1. The van der Waals surface area contributed by atoms with Gasteiger partial charge < -0.3 is 15.3 Å². The van der Waals surface area contributed by atoms with E-state index in [1.165, 1.54) is 42.5 Å². The van der Waals surface area contributed by atoms with Crippen molar-refractivity contribution in [3.05, 3.63) is 47.5 Å². The minimum Gasteiger partial charge on any atom is -0.392 e. The van der Waals surface area contributed by atoms with E-state index < -0.39 is 16.1 Å². The number of sulfonamides is 1. The number of nitrogens with zero attached hydrogens (tertiary/aromatic N) is 2. The normalized spacial score (nSPS) is 27.0. The van der Waals surface area contributed by atoms with Crippen molar-refractivity contribution in [2.75, 3.05) is 23.6 Å². The van der Waals surface area contributed by atoms with Gasteiger partial charge in [-0.05, 0) is 60.8 Å². The van der Waals surface area contributed by atoms with E-state index in [4.69, 9.17) is 0 Å². The Hall–Kier alpha value is -2.76. The molecule has 0 radical (unpaired) electrons. The largest absolute Gasteiger partial charge is 0.392 e. The van der Waals surface area contributed by atoms with Gasteiger partial charge in [0.05, 0.1) is 16.7 Å². The van der Waals surface area contributed by atoms with Crippen molar-refractivity contribution in [1.29, 1.82) is 0 Å². The van der Waals surface area contributed by atoms with Crippen molar-refractivity contribution in [2.45, 2.75) is 63.9 Å². The molecule has 212 valence electrons. The van der Waals surface area contributed by atoms with Crippen molar-refractivity contribution in [3.8, 4) is 0 Å². The van der Waals surface area contributed by atoms with E-state index in [0.29, 0.717) is 23.8 Å². The second-order valence-corrected chi connectivity index (χ2v) is 14.0. The smallest absolute Gasteiger partial charge is 0.263 e. The topological polar surface area (TPSA) is 129 Å². The van der Waals surface area contributed by atoms with Gasteiger partial charge in [-0.15, -0.1) is 17.9 Å². The van der Waals surface area contributed by atoms with Crippen LogP contribution < -0.4 is 10.0 Å². The molecule has 2 aliphatic rings. The van der Waals surface area contributed by atoms with E-state index in [1.807, 2.05) is 13.8 Å². The number of amides is 2. The summed E-state index contributed by atoms with van der Waals surface area (Å²) < 4.78 is 28.7. The number of carbonyl (C=O) groups excluding carboxylic acids is 2. The summed E-state index contributed by atoms with van der Waals surface area (Å²) in [6.45, 7) is 11.7. The molecule has 2 amide bonds. The van der Waals surface area contributed by atoms with Gasteiger partial charge in [0.25, 0.3) is 10.0 Å². The van der Waals surface area contributed by atoms with Crippen molar-refractivity contribution in [3.63, 3.8) is 0 Å². The van der Waals surface area contributed by atoms with Crippen LogP contribution in [0.25, 0.3) is 0 Å². The van der Waals surface area contributed by atoms with Gasteiger partial charge in [-0.25, -0.2) is 13.4 Å². The first-order valence-corrected chi connectivity index (χ1v) is 15.5. The molecule has 39 heavy (non-hydrogen) atoms.